The summed E-state index contributed by atoms with van der Waals surface area (Å²) in [5, 5.41) is 16.0. The highest BCUT2D eigenvalue weighted by Gasteiger charge is 2.13. The van der Waals surface area contributed by atoms with Crippen LogP contribution >= 0.6 is 15.9 Å². The molecule has 4 aromatic rings. The largest absolute Gasteiger partial charge is 0.507 e. The van der Waals surface area contributed by atoms with Gasteiger partial charge in [0.15, 0.2) is 11.5 Å². The maximum Gasteiger partial charge on any atom is 0.275 e. The molecule has 0 heterocycles. The molecule has 2 N–H and O–H groups in total. The number of hydrogen-bond acceptors (Lipinski definition) is 5. The molecule has 34 heavy (non-hydrogen) atoms. The van der Waals surface area contributed by atoms with Crippen LogP contribution in [-0.2, 0) is 6.61 Å². The number of nitrogens with one attached hydrogen (secondary N) is 1. The lowest BCUT2D eigenvalue weighted by atomic mass is 10.1. The number of benzene rings is 4. The lowest BCUT2D eigenvalue weighted by molar-refractivity contribution is 0.0952. The Morgan fingerprint density at radius 1 is 1.03 bits per heavy atom. The number of fused-ring (bicyclic) bond motifs is 1. The third-order valence-electron chi connectivity index (χ3n) is 5.24. The van der Waals surface area contributed by atoms with Crippen molar-refractivity contribution in [3.63, 3.8) is 0 Å². The first kappa shape index (κ1) is 23.3. The molecule has 1 amide bonds. The third kappa shape index (κ3) is 5.38. The predicted octanol–water partition coefficient (Wildman–Crippen LogP) is 5.97. The van der Waals surface area contributed by atoms with Gasteiger partial charge in [0.2, 0.25) is 0 Å². The number of phenolic OH excluding ortho intramolecular Hbond substituents is 1. The molecule has 0 atom stereocenters. The Morgan fingerprint density at radius 2 is 1.79 bits per heavy atom. The zero-order valence-electron chi connectivity index (χ0n) is 18.7. The fourth-order valence-electron chi connectivity index (χ4n) is 3.52. The topological polar surface area (TPSA) is 80.2 Å². The number of halogens is 1. The molecule has 0 aliphatic carbocycles. The van der Waals surface area contributed by atoms with E-state index in [2.05, 4.69) is 32.5 Å². The Labute approximate surface area is 206 Å². The summed E-state index contributed by atoms with van der Waals surface area (Å²) in [6.07, 6.45) is 1.49. The van der Waals surface area contributed by atoms with E-state index in [0.29, 0.717) is 23.7 Å². The summed E-state index contributed by atoms with van der Waals surface area (Å²) in [5.74, 6) is 0.499. The first-order valence-electron chi connectivity index (χ1n) is 10.6. The number of carbonyl (C=O) groups is 1. The second kappa shape index (κ2) is 10.4. The lowest BCUT2D eigenvalue weighted by Crippen LogP contribution is -2.17. The molecule has 0 spiro atoms. The molecule has 172 valence electrons. The summed E-state index contributed by atoms with van der Waals surface area (Å²) in [4.78, 5) is 12.6. The van der Waals surface area contributed by atoms with E-state index in [1.54, 1.807) is 31.4 Å². The molecule has 0 saturated heterocycles. The molecule has 0 aromatic heterocycles. The number of aryl methyl sites for hydroxylation is 1. The van der Waals surface area contributed by atoms with Crippen molar-refractivity contribution in [3.8, 4) is 17.2 Å². The van der Waals surface area contributed by atoms with Gasteiger partial charge in [-0.25, -0.2) is 5.43 Å². The number of amides is 1. The Kier molecular flexibility index (Phi) is 7.13. The molecule has 0 aliphatic heterocycles. The van der Waals surface area contributed by atoms with Gasteiger partial charge < -0.3 is 14.6 Å². The Bertz CT molecular complexity index is 1380. The summed E-state index contributed by atoms with van der Waals surface area (Å²) in [6, 6.07) is 22.3. The maximum atomic E-state index is 12.6. The second-order valence-electron chi connectivity index (χ2n) is 7.72. The van der Waals surface area contributed by atoms with E-state index in [9.17, 15) is 9.90 Å². The molecule has 7 heteroatoms. The maximum absolute atomic E-state index is 12.6. The zero-order chi connectivity index (χ0) is 24.1. The van der Waals surface area contributed by atoms with Crippen LogP contribution in [0.3, 0.4) is 0 Å². The summed E-state index contributed by atoms with van der Waals surface area (Å²) in [7, 11) is 1.56. The van der Waals surface area contributed by atoms with Crippen LogP contribution < -0.4 is 14.9 Å². The van der Waals surface area contributed by atoms with Crippen molar-refractivity contribution >= 4 is 38.8 Å². The van der Waals surface area contributed by atoms with Crippen LogP contribution in [0, 0.1) is 6.92 Å². The van der Waals surface area contributed by atoms with Crippen molar-refractivity contribution in [3.05, 3.63) is 99.5 Å². The monoisotopic (exact) mass is 518 g/mol. The molecule has 0 radical (unpaired) electrons. The Morgan fingerprint density at radius 3 is 2.53 bits per heavy atom. The first-order chi connectivity index (χ1) is 16.4. The summed E-state index contributed by atoms with van der Waals surface area (Å²) in [5.41, 5.74) is 5.52. The highest BCUT2D eigenvalue weighted by molar-refractivity contribution is 9.10. The van der Waals surface area contributed by atoms with Crippen LogP contribution in [0.2, 0.25) is 0 Å². The number of hydrogen-bond donors (Lipinski definition) is 2. The zero-order valence-corrected chi connectivity index (χ0v) is 20.3. The van der Waals surface area contributed by atoms with Crippen LogP contribution in [0.1, 0.15) is 27.0 Å². The number of rotatable bonds is 7. The number of hydrazone groups is 1. The van der Waals surface area contributed by atoms with E-state index in [4.69, 9.17) is 9.47 Å². The summed E-state index contributed by atoms with van der Waals surface area (Å²) < 4.78 is 12.2. The summed E-state index contributed by atoms with van der Waals surface area (Å²) >= 11 is 3.52. The van der Waals surface area contributed by atoms with Crippen LogP contribution in [0.5, 0.6) is 17.2 Å². The second-order valence-corrected chi connectivity index (χ2v) is 8.57. The van der Waals surface area contributed by atoms with Gasteiger partial charge in [-0.1, -0.05) is 54.1 Å². The molecule has 0 unspecified atom stereocenters. The van der Waals surface area contributed by atoms with Crippen molar-refractivity contribution in [1.29, 1.82) is 0 Å². The van der Waals surface area contributed by atoms with E-state index >= 15 is 0 Å². The van der Waals surface area contributed by atoms with Crippen LogP contribution in [0.15, 0.2) is 82.4 Å². The van der Waals surface area contributed by atoms with Crippen molar-refractivity contribution in [2.45, 2.75) is 13.5 Å². The number of phenols is 1. The van der Waals surface area contributed by atoms with E-state index in [1.165, 1.54) is 11.8 Å². The number of aromatic hydroxyl groups is 1. The number of methoxy groups -OCH3 is 1. The average molecular weight is 519 g/mol. The molecule has 0 saturated carbocycles. The standard InChI is InChI=1S/C27H23BrN2O4/c1-17-6-5-7-18(10-17)16-34-26-14-23(28)21(13-25(26)33-2)15-29-30-27(32)22-11-19-8-3-4-9-20(19)12-24(22)31/h3-15,31H,16H2,1-2H3,(H,30,32). The van der Waals surface area contributed by atoms with Crippen LogP contribution in [0.4, 0.5) is 0 Å². The van der Waals surface area contributed by atoms with Gasteiger partial charge in [-0.2, -0.15) is 5.10 Å². The van der Waals surface area contributed by atoms with E-state index < -0.39 is 5.91 Å². The predicted molar refractivity (Wildman–Crippen MR) is 137 cm³/mol. The number of ether oxygens (including phenoxy) is 2. The first-order valence-corrected chi connectivity index (χ1v) is 11.3. The number of nitrogens with zero attached hydrogens (tertiary/aromatic N) is 1. The highest BCUT2D eigenvalue weighted by atomic mass is 79.9. The number of carbonyl (C=O) groups excluding carboxylic acids is 1. The van der Waals surface area contributed by atoms with Crippen molar-refractivity contribution < 1.29 is 19.4 Å². The third-order valence-corrected chi connectivity index (χ3v) is 5.92. The summed E-state index contributed by atoms with van der Waals surface area (Å²) in [6.45, 7) is 2.44. The molecular formula is C27H23BrN2O4. The van der Waals surface area contributed by atoms with Crippen molar-refractivity contribution in [1.82, 2.24) is 5.43 Å². The highest BCUT2D eigenvalue weighted by Crippen LogP contribution is 2.33. The fraction of sp³-hybridized carbons (Fsp3) is 0.111. The normalized spacial score (nSPS) is 11.0. The molecule has 0 fully saturated rings. The van der Waals surface area contributed by atoms with Crippen LogP contribution in [0.25, 0.3) is 10.8 Å². The van der Waals surface area contributed by atoms with Gasteiger partial charge in [0, 0.05) is 10.0 Å². The van der Waals surface area contributed by atoms with Gasteiger partial charge in [0.1, 0.15) is 12.4 Å². The van der Waals surface area contributed by atoms with Gasteiger partial charge >= 0.3 is 0 Å². The van der Waals surface area contributed by atoms with Crippen molar-refractivity contribution in [2.24, 2.45) is 5.10 Å². The van der Waals surface area contributed by atoms with Gasteiger partial charge in [0.25, 0.3) is 5.91 Å². The molecule has 0 bridgehead atoms. The minimum Gasteiger partial charge on any atom is -0.507 e. The van der Waals surface area contributed by atoms with Crippen molar-refractivity contribution in [2.75, 3.05) is 7.11 Å². The minimum absolute atomic E-state index is 0.107. The Hall–Kier alpha value is -3.84. The van der Waals surface area contributed by atoms with Gasteiger partial charge in [0.05, 0.1) is 18.9 Å². The molecule has 4 rings (SSSR count). The minimum atomic E-state index is -0.513. The van der Waals surface area contributed by atoms with Gasteiger partial charge in [-0.15, -0.1) is 0 Å². The SMILES string of the molecule is COc1cc(C=NNC(=O)c2cc3ccccc3cc2O)c(Br)cc1OCc1cccc(C)c1. The van der Waals surface area contributed by atoms with Crippen LogP contribution in [-0.4, -0.2) is 24.3 Å². The van der Waals surface area contributed by atoms with Gasteiger partial charge in [-0.3, -0.25) is 4.79 Å². The molecular weight excluding hydrogens is 496 g/mol. The quantitative estimate of drug-likeness (QED) is 0.233. The Balaban J connectivity index is 1.47. The van der Waals surface area contributed by atoms with E-state index in [-0.39, 0.29) is 11.3 Å². The van der Waals surface area contributed by atoms with E-state index in [0.717, 1.165) is 20.8 Å². The average Bonchev–Trinajstić information content (AvgIpc) is 2.83. The smallest absolute Gasteiger partial charge is 0.275 e. The molecule has 0 aliphatic rings. The fourth-order valence-corrected chi connectivity index (χ4v) is 3.94. The van der Waals surface area contributed by atoms with Gasteiger partial charge in [-0.05, 0) is 63.5 Å². The molecule has 4 aromatic carbocycles. The molecule has 6 nitrogen and oxygen atoms in total. The van der Waals surface area contributed by atoms with E-state index in [1.807, 2.05) is 49.4 Å². The lowest BCUT2D eigenvalue weighted by Gasteiger charge is -2.13.